The maximum atomic E-state index is 13.0. The minimum Gasteiger partial charge on any atom is -0.207 e. The highest BCUT2D eigenvalue weighted by molar-refractivity contribution is 9.09. The molecule has 1 aliphatic rings. The number of hydrogen-bond acceptors (Lipinski definition) is 0. The quantitative estimate of drug-likeness (QED) is 0.607. The van der Waals surface area contributed by atoms with E-state index in [2.05, 4.69) is 49.7 Å². The first-order valence-electron chi connectivity index (χ1n) is 6.34. The van der Waals surface area contributed by atoms with Gasteiger partial charge in [0.05, 0.1) is 0 Å². The number of alkyl halides is 1. The van der Waals surface area contributed by atoms with Crippen molar-refractivity contribution in [2.45, 2.75) is 38.9 Å². The molecule has 0 N–H and O–H groups in total. The van der Waals surface area contributed by atoms with Crippen molar-refractivity contribution in [3.05, 3.63) is 41.7 Å². The maximum absolute atomic E-state index is 13.0. The summed E-state index contributed by atoms with van der Waals surface area (Å²) in [6.45, 7) is 9.09. The lowest BCUT2D eigenvalue weighted by Crippen LogP contribution is -2.35. The van der Waals surface area contributed by atoms with Gasteiger partial charge in [-0.15, -0.1) is 0 Å². The van der Waals surface area contributed by atoms with Gasteiger partial charge in [0.2, 0.25) is 0 Å². The first-order valence-corrected chi connectivity index (χ1v) is 7.26. The van der Waals surface area contributed by atoms with Crippen LogP contribution in [0.5, 0.6) is 0 Å². The van der Waals surface area contributed by atoms with E-state index < -0.39 is 0 Å². The molecule has 18 heavy (non-hydrogen) atoms. The fourth-order valence-electron chi connectivity index (χ4n) is 3.10. The highest BCUT2D eigenvalue weighted by Gasteiger charge is 2.40. The summed E-state index contributed by atoms with van der Waals surface area (Å²) in [4.78, 5) is 0.309. The van der Waals surface area contributed by atoms with E-state index in [1.165, 1.54) is 17.7 Å². The SMILES string of the molecule is CC1(C)C=C(c2ccc(F)cc2)C(Br)C(C)(C)C1. The second-order valence-corrected chi connectivity index (χ2v) is 7.54. The molecular formula is C16H20BrF. The molecule has 1 aromatic rings. The molecule has 0 aromatic heterocycles. The van der Waals surface area contributed by atoms with Gasteiger partial charge in [-0.05, 0) is 40.5 Å². The van der Waals surface area contributed by atoms with Crippen LogP contribution in [0.25, 0.3) is 5.57 Å². The van der Waals surface area contributed by atoms with Gasteiger partial charge in [0.15, 0.2) is 0 Å². The summed E-state index contributed by atoms with van der Waals surface area (Å²) in [5.41, 5.74) is 2.76. The van der Waals surface area contributed by atoms with Gasteiger partial charge in [0, 0.05) is 4.83 Å². The summed E-state index contributed by atoms with van der Waals surface area (Å²) in [6.07, 6.45) is 3.46. The molecule has 0 fully saturated rings. The van der Waals surface area contributed by atoms with Crippen LogP contribution in [0.1, 0.15) is 39.7 Å². The molecule has 2 rings (SSSR count). The number of hydrogen-bond donors (Lipinski definition) is 0. The third-order valence-corrected chi connectivity index (χ3v) is 5.33. The average Bonchev–Trinajstić information content (AvgIpc) is 2.23. The van der Waals surface area contributed by atoms with E-state index in [4.69, 9.17) is 0 Å². The second kappa shape index (κ2) is 4.48. The van der Waals surface area contributed by atoms with Crippen LogP contribution in [-0.4, -0.2) is 4.83 Å². The van der Waals surface area contributed by atoms with Crippen molar-refractivity contribution in [2.75, 3.05) is 0 Å². The fourth-order valence-corrected chi connectivity index (χ4v) is 3.66. The lowest BCUT2D eigenvalue weighted by Gasteiger charge is -2.43. The van der Waals surface area contributed by atoms with E-state index in [1.807, 2.05) is 12.1 Å². The fraction of sp³-hybridized carbons (Fsp3) is 0.500. The van der Waals surface area contributed by atoms with Gasteiger partial charge >= 0.3 is 0 Å². The molecular weight excluding hydrogens is 291 g/mol. The van der Waals surface area contributed by atoms with Crippen molar-refractivity contribution in [1.29, 1.82) is 0 Å². The van der Waals surface area contributed by atoms with Crippen molar-refractivity contribution < 1.29 is 4.39 Å². The van der Waals surface area contributed by atoms with Gasteiger partial charge < -0.3 is 0 Å². The van der Waals surface area contributed by atoms with Crippen LogP contribution in [0.2, 0.25) is 0 Å². The summed E-state index contributed by atoms with van der Waals surface area (Å²) in [6, 6.07) is 6.80. The Bertz CT molecular complexity index is 468. The molecule has 1 atom stereocenters. The summed E-state index contributed by atoms with van der Waals surface area (Å²) in [5, 5.41) is 0. The molecule has 1 unspecified atom stereocenters. The molecule has 0 spiro atoms. The topological polar surface area (TPSA) is 0 Å². The van der Waals surface area contributed by atoms with Gasteiger partial charge in [-0.3, -0.25) is 0 Å². The molecule has 0 saturated heterocycles. The molecule has 2 heteroatoms. The van der Waals surface area contributed by atoms with E-state index in [0.717, 1.165) is 12.0 Å². The number of rotatable bonds is 1. The summed E-state index contributed by atoms with van der Waals surface area (Å²) in [7, 11) is 0. The summed E-state index contributed by atoms with van der Waals surface area (Å²) in [5.74, 6) is -0.181. The van der Waals surface area contributed by atoms with E-state index in [9.17, 15) is 4.39 Å². The van der Waals surface area contributed by atoms with E-state index >= 15 is 0 Å². The van der Waals surface area contributed by atoms with Crippen LogP contribution in [0, 0.1) is 16.6 Å². The van der Waals surface area contributed by atoms with Crippen molar-refractivity contribution >= 4 is 21.5 Å². The van der Waals surface area contributed by atoms with Crippen molar-refractivity contribution in [3.8, 4) is 0 Å². The van der Waals surface area contributed by atoms with Gasteiger partial charge in [0.25, 0.3) is 0 Å². The number of allylic oxidation sites excluding steroid dienone is 2. The molecule has 1 aromatic carbocycles. The van der Waals surface area contributed by atoms with Crippen LogP contribution in [-0.2, 0) is 0 Å². The average molecular weight is 311 g/mol. The zero-order chi connectivity index (χ0) is 13.6. The van der Waals surface area contributed by atoms with Gasteiger partial charge in [-0.25, -0.2) is 4.39 Å². The lowest BCUT2D eigenvalue weighted by atomic mass is 9.65. The Hall–Kier alpha value is -0.630. The molecule has 0 radical (unpaired) electrons. The number of halogens is 2. The molecule has 98 valence electrons. The summed E-state index contributed by atoms with van der Waals surface area (Å²) >= 11 is 3.82. The summed E-state index contributed by atoms with van der Waals surface area (Å²) < 4.78 is 13.0. The lowest BCUT2D eigenvalue weighted by molar-refractivity contribution is 0.237. The van der Waals surface area contributed by atoms with Gasteiger partial charge in [0.1, 0.15) is 5.82 Å². The normalized spacial score (nSPS) is 25.7. The molecule has 1 aliphatic carbocycles. The first-order chi connectivity index (χ1) is 8.21. The Morgan fingerprint density at radius 2 is 1.67 bits per heavy atom. The third-order valence-electron chi connectivity index (χ3n) is 3.59. The highest BCUT2D eigenvalue weighted by atomic mass is 79.9. The molecule has 0 aliphatic heterocycles. The van der Waals surface area contributed by atoms with Crippen LogP contribution >= 0.6 is 15.9 Å². The van der Waals surface area contributed by atoms with Gasteiger partial charge in [-0.1, -0.05) is 61.8 Å². The van der Waals surface area contributed by atoms with E-state index in [1.54, 1.807) is 0 Å². The van der Waals surface area contributed by atoms with Crippen LogP contribution in [0.3, 0.4) is 0 Å². The Kier molecular flexibility index (Phi) is 3.44. The molecule has 0 heterocycles. The van der Waals surface area contributed by atoms with Crippen molar-refractivity contribution in [1.82, 2.24) is 0 Å². The second-order valence-electron chi connectivity index (χ2n) is 6.62. The van der Waals surface area contributed by atoms with Gasteiger partial charge in [-0.2, -0.15) is 0 Å². The van der Waals surface area contributed by atoms with Crippen molar-refractivity contribution in [2.24, 2.45) is 10.8 Å². The zero-order valence-corrected chi connectivity index (χ0v) is 13.0. The smallest absolute Gasteiger partial charge is 0.123 e. The minimum absolute atomic E-state index is 0.178. The highest BCUT2D eigenvalue weighted by Crippen LogP contribution is 2.50. The zero-order valence-electron chi connectivity index (χ0n) is 11.4. The maximum Gasteiger partial charge on any atom is 0.123 e. The van der Waals surface area contributed by atoms with Crippen LogP contribution < -0.4 is 0 Å². The first kappa shape index (κ1) is 13.8. The molecule has 0 amide bonds. The Morgan fingerprint density at radius 3 is 2.22 bits per heavy atom. The standard InChI is InChI=1S/C16H20BrF/c1-15(2)9-13(14(17)16(3,4)10-15)11-5-7-12(18)8-6-11/h5-9,14H,10H2,1-4H3. The van der Waals surface area contributed by atoms with Crippen LogP contribution in [0.15, 0.2) is 30.3 Å². The van der Waals surface area contributed by atoms with E-state index in [-0.39, 0.29) is 16.6 Å². The van der Waals surface area contributed by atoms with Crippen molar-refractivity contribution in [3.63, 3.8) is 0 Å². The monoisotopic (exact) mass is 310 g/mol. The Balaban J connectivity index is 2.47. The Morgan fingerprint density at radius 1 is 1.11 bits per heavy atom. The third kappa shape index (κ3) is 2.69. The Labute approximate surface area is 117 Å². The molecule has 0 saturated carbocycles. The minimum atomic E-state index is -0.181. The number of benzene rings is 1. The largest absolute Gasteiger partial charge is 0.207 e. The molecule has 0 nitrogen and oxygen atoms in total. The molecule has 0 bridgehead atoms. The van der Waals surface area contributed by atoms with Crippen LogP contribution in [0.4, 0.5) is 4.39 Å². The predicted octanol–water partition coefficient (Wildman–Crippen LogP) is 5.43. The predicted molar refractivity (Wildman–Crippen MR) is 79.3 cm³/mol. The van der Waals surface area contributed by atoms with E-state index in [0.29, 0.717) is 4.83 Å².